The van der Waals surface area contributed by atoms with E-state index >= 15 is 0 Å². The van der Waals surface area contributed by atoms with Crippen LogP contribution in [0.5, 0.6) is 0 Å². The van der Waals surface area contributed by atoms with Crippen LogP contribution in [0.4, 0.5) is 21.7 Å². The average molecular weight is 504 g/mol. The molecule has 4 rings (SSSR count). The topological polar surface area (TPSA) is 82.7 Å². The molecule has 10 heteroatoms. The number of aryl methyl sites for hydroxylation is 1. The highest BCUT2D eigenvalue weighted by atomic mass is 35.5. The first kappa shape index (κ1) is 25.5. The van der Waals surface area contributed by atoms with Crippen LogP contribution in [-0.2, 0) is 11.3 Å². The number of anilines is 2. The van der Waals surface area contributed by atoms with Gasteiger partial charge in [0.1, 0.15) is 0 Å². The Morgan fingerprint density at radius 2 is 2.00 bits per heavy atom. The third-order valence-corrected chi connectivity index (χ3v) is 6.47. The first-order chi connectivity index (χ1) is 15.9. The Balaban J connectivity index is 0.00000324. The first-order valence-corrected chi connectivity index (χ1v) is 11.0. The maximum absolute atomic E-state index is 13.9. The Kier molecular flexibility index (Phi) is 8.13. The maximum Gasteiger partial charge on any atom is 0.338 e. The minimum absolute atomic E-state index is 0. The van der Waals surface area contributed by atoms with Crippen molar-refractivity contribution in [2.24, 2.45) is 5.92 Å². The molecule has 0 saturated carbocycles. The third-order valence-electron chi connectivity index (χ3n) is 6.06. The quantitative estimate of drug-likeness (QED) is 0.412. The summed E-state index contributed by atoms with van der Waals surface area (Å²) in [7, 11) is 0. The molecule has 7 nitrogen and oxygen atoms in total. The predicted octanol–water partition coefficient (Wildman–Crippen LogP) is 5.82. The van der Waals surface area contributed by atoms with Gasteiger partial charge in [0.25, 0.3) is 0 Å². The van der Waals surface area contributed by atoms with Crippen LogP contribution in [0.2, 0.25) is 5.02 Å². The lowest BCUT2D eigenvalue weighted by Crippen LogP contribution is -2.39. The minimum atomic E-state index is -1.85. The summed E-state index contributed by atoms with van der Waals surface area (Å²) in [5.41, 5.74) is 2.48. The van der Waals surface area contributed by atoms with Crippen LogP contribution in [0.15, 0.2) is 36.4 Å². The van der Waals surface area contributed by atoms with Crippen molar-refractivity contribution in [1.82, 2.24) is 10.2 Å². The van der Waals surface area contributed by atoms with E-state index in [0.29, 0.717) is 54.8 Å². The number of nitrogens with one attached hydrogen (secondary N) is 1. The van der Waals surface area contributed by atoms with Gasteiger partial charge >= 0.3 is 5.97 Å². The van der Waals surface area contributed by atoms with Gasteiger partial charge in [-0.1, -0.05) is 35.9 Å². The highest BCUT2D eigenvalue weighted by Crippen LogP contribution is 2.34. The molecule has 178 valence electrons. The van der Waals surface area contributed by atoms with Gasteiger partial charge in [-0.3, -0.25) is 0 Å². The summed E-state index contributed by atoms with van der Waals surface area (Å²) in [6, 6.07) is 11.2. The molecule has 1 aromatic heterocycles. The number of carbonyl (C=O) groups is 1. The molecule has 3 aromatic rings. The summed E-state index contributed by atoms with van der Waals surface area (Å²) in [4.78, 5) is 16.5. The molecule has 1 aliphatic rings. The smallest absolute Gasteiger partial charge is 0.338 e. The Morgan fingerprint density at radius 1 is 1.26 bits per heavy atom. The predicted molar refractivity (Wildman–Crippen MR) is 134 cm³/mol. The van der Waals surface area contributed by atoms with E-state index in [-0.39, 0.29) is 12.4 Å². The Bertz CT molecular complexity index is 1240. The molecule has 0 amide bonds. The van der Waals surface area contributed by atoms with Crippen LogP contribution in [0.3, 0.4) is 0 Å². The van der Waals surface area contributed by atoms with Crippen LogP contribution >= 0.6 is 24.0 Å². The van der Waals surface area contributed by atoms with Gasteiger partial charge in [0.05, 0.1) is 6.57 Å². The lowest BCUT2D eigenvalue weighted by molar-refractivity contribution is -0.145. The Labute approximate surface area is 208 Å². The molecular weight excluding hydrogens is 480 g/mol. The Morgan fingerprint density at radius 3 is 2.65 bits per heavy atom. The van der Waals surface area contributed by atoms with Crippen LogP contribution < -0.4 is 10.2 Å². The van der Waals surface area contributed by atoms with E-state index in [0.717, 1.165) is 21.9 Å². The number of alkyl halides is 1. The summed E-state index contributed by atoms with van der Waals surface area (Å²) < 4.78 is 13.9. The summed E-state index contributed by atoms with van der Waals surface area (Å²) in [6.07, 6.45) is -1.01. The summed E-state index contributed by atoms with van der Waals surface area (Å²) in [5.74, 6) is -0.709. The molecule has 1 unspecified atom stereocenters. The van der Waals surface area contributed by atoms with Crippen molar-refractivity contribution in [2.75, 3.05) is 23.3 Å². The molecule has 1 fully saturated rings. The summed E-state index contributed by atoms with van der Waals surface area (Å²) in [5, 5.41) is 23.4. The average Bonchev–Trinajstić information content (AvgIpc) is 2.83. The lowest BCUT2D eigenvalue weighted by Gasteiger charge is -2.33. The standard InChI is InChI=1S/C24H23ClFN5O2.ClH/c1-14-3-4-15(11-20(14)25)13-28-22-19-12-17(27-2)5-6-18(19)23(30-29-22)31-9-7-16(8-10-31)21(26)24(32)33;/h3-6,11-12,16,21H,7-10,13H2,1H3,(H,28,29)(H,32,33);1H. The van der Waals surface area contributed by atoms with Gasteiger partial charge in [-0.25, -0.2) is 14.0 Å². The number of halogens is 3. The number of hydrogen-bond acceptors (Lipinski definition) is 5. The molecule has 2 aromatic carbocycles. The molecule has 34 heavy (non-hydrogen) atoms. The van der Waals surface area contributed by atoms with Gasteiger partial charge in [0.15, 0.2) is 23.5 Å². The van der Waals surface area contributed by atoms with Crippen molar-refractivity contribution in [2.45, 2.75) is 32.5 Å². The number of aliphatic carboxylic acids is 1. The minimum Gasteiger partial charge on any atom is -0.479 e. The first-order valence-electron chi connectivity index (χ1n) is 10.7. The summed E-state index contributed by atoms with van der Waals surface area (Å²) in [6.45, 7) is 10.8. The normalized spacial score (nSPS) is 14.8. The number of rotatable bonds is 6. The lowest BCUT2D eigenvalue weighted by atomic mass is 9.92. The molecule has 0 bridgehead atoms. The molecule has 2 heterocycles. The molecule has 2 N–H and O–H groups in total. The van der Waals surface area contributed by atoms with Crippen molar-refractivity contribution >= 4 is 58.1 Å². The molecule has 1 atom stereocenters. The van der Waals surface area contributed by atoms with Crippen molar-refractivity contribution < 1.29 is 14.3 Å². The fraction of sp³-hybridized carbons (Fsp3) is 0.333. The van der Waals surface area contributed by atoms with Crippen molar-refractivity contribution in [3.8, 4) is 0 Å². The van der Waals surface area contributed by atoms with E-state index in [4.69, 9.17) is 23.3 Å². The van der Waals surface area contributed by atoms with Crippen LogP contribution in [-0.4, -0.2) is 40.5 Å². The molecule has 0 aliphatic carbocycles. The zero-order valence-corrected chi connectivity index (χ0v) is 20.0. The van der Waals surface area contributed by atoms with Gasteiger partial charge in [0, 0.05) is 41.3 Å². The van der Waals surface area contributed by atoms with Gasteiger partial charge in [0.2, 0.25) is 0 Å². The molecule has 0 spiro atoms. The van der Waals surface area contributed by atoms with Gasteiger partial charge in [-0.15, -0.1) is 22.6 Å². The largest absolute Gasteiger partial charge is 0.479 e. The fourth-order valence-corrected chi connectivity index (χ4v) is 4.30. The van der Waals surface area contributed by atoms with Gasteiger partial charge in [-0.05, 0) is 43.0 Å². The molecule has 1 saturated heterocycles. The fourth-order valence-electron chi connectivity index (χ4n) is 4.10. The second kappa shape index (κ2) is 10.9. The highest BCUT2D eigenvalue weighted by Gasteiger charge is 2.32. The number of carboxylic acids is 1. The van der Waals surface area contributed by atoms with Crippen molar-refractivity contribution in [3.63, 3.8) is 0 Å². The third kappa shape index (κ3) is 5.32. The second-order valence-corrected chi connectivity index (χ2v) is 8.62. The van der Waals surface area contributed by atoms with Crippen molar-refractivity contribution in [1.29, 1.82) is 0 Å². The number of benzene rings is 2. The van der Waals surface area contributed by atoms with E-state index < -0.39 is 18.1 Å². The number of piperidine rings is 1. The number of aromatic nitrogens is 2. The van der Waals surface area contributed by atoms with E-state index in [1.54, 1.807) is 12.1 Å². The SMILES string of the molecule is Cl.[C-]#[N+]c1ccc2c(N3CCC(C(F)C(=O)O)CC3)nnc(NCc3ccc(C)c(Cl)c3)c2c1. The van der Waals surface area contributed by atoms with Crippen LogP contribution in [0, 0.1) is 19.4 Å². The van der Waals surface area contributed by atoms with E-state index in [1.807, 2.05) is 36.1 Å². The zero-order chi connectivity index (χ0) is 23.5. The van der Waals surface area contributed by atoms with Gasteiger partial charge in [-0.2, -0.15) is 0 Å². The van der Waals surface area contributed by atoms with E-state index in [1.165, 1.54) is 0 Å². The Hall–Kier alpha value is -3.15. The number of nitrogens with zero attached hydrogens (tertiary/aromatic N) is 4. The number of carboxylic acid groups (broad SMARTS) is 1. The highest BCUT2D eigenvalue weighted by molar-refractivity contribution is 6.31. The summed E-state index contributed by atoms with van der Waals surface area (Å²) >= 11 is 6.23. The van der Waals surface area contributed by atoms with Gasteiger partial charge < -0.3 is 15.3 Å². The molecule has 1 aliphatic heterocycles. The van der Waals surface area contributed by atoms with Crippen LogP contribution in [0.25, 0.3) is 15.6 Å². The van der Waals surface area contributed by atoms with Crippen LogP contribution in [0.1, 0.15) is 24.0 Å². The zero-order valence-electron chi connectivity index (χ0n) is 18.5. The van der Waals surface area contributed by atoms with E-state index in [2.05, 4.69) is 20.4 Å². The number of fused-ring (bicyclic) bond motifs is 1. The molecule has 0 radical (unpaired) electrons. The number of hydrogen-bond donors (Lipinski definition) is 2. The second-order valence-electron chi connectivity index (χ2n) is 8.22. The molecular formula is C24H24Cl2FN5O2. The van der Waals surface area contributed by atoms with E-state index in [9.17, 15) is 9.18 Å². The van der Waals surface area contributed by atoms with Crippen molar-refractivity contribution in [3.05, 3.63) is 64.0 Å². The monoisotopic (exact) mass is 503 g/mol. The maximum atomic E-state index is 13.9.